The second-order valence-corrected chi connectivity index (χ2v) is 6.86. The van der Waals surface area contributed by atoms with Gasteiger partial charge in [-0.05, 0) is 6.07 Å². The fraction of sp³-hybridized carbons (Fsp3) is 0.500. The summed E-state index contributed by atoms with van der Waals surface area (Å²) in [6.45, 7) is 0.496. The molecule has 0 unspecified atom stereocenters. The van der Waals surface area contributed by atoms with E-state index in [1.54, 1.807) is 0 Å². The Labute approximate surface area is 100 Å². The molecule has 1 saturated heterocycles. The average Bonchev–Trinajstić information content (AvgIpc) is 2.34. The summed E-state index contributed by atoms with van der Waals surface area (Å²) in [5.41, 5.74) is 1.02. The quantitative estimate of drug-likeness (QED) is 0.704. The molecule has 5 heteroatoms. The third kappa shape index (κ3) is 2.05. The van der Waals surface area contributed by atoms with Crippen molar-refractivity contribution in [3.63, 3.8) is 0 Å². The largest absolute Gasteiger partial charge is 0.462 e. The normalized spacial score (nSPS) is 24.9. The summed E-state index contributed by atoms with van der Waals surface area (Å²) in [5.74, 6) is 0.391. The Morgan fingerprint density at radius 1 is 1.12 bits per heavy atom. The highest BCUT2D eigenvalue weighted by Crippen LogP contribution is 2.37. The summed E-state index contributed by atoms with van der Waals surface area (Å²) in [6.07, 6.45) is 0.841. The van der Waals surface area contributed by atoms with Gasteiger partial charge in [-0.2, -0.15) is 0 Å². The highest BCUT2D eigenvalue weighted by molar-refractivity contribution is 7.91. The number of hydrogen-bond acceptors (Lipinski definition) is 4. The number of ether oxygens (including phenoxy) is 2. The van der Waals surface area contributed by atoms with Crippen LogP contribution in [0.1, 0.15) is 18.4 Å². The summed E-state index contributed by atoms with van der Waals surface area (Å²) < 4.78 is 34.4. The first-order chi connectivity index (χ1) is 8.09. The Morgan fingerprint density at radius 3 is 2.59 bits per heavy atom. The van der Waals surface area contributed by atoms with Crippen LogP contribution in [-0.4, -0.2) is 25.7 Å². The van der Waals surface area contributed by atoms with Gasteiger partial charge in [-0.1, -0.05) is 18.2 Å². The predicted molar refractivity (Wildman–Crippen MR) is 62.5 cm³/mol. The van der Waals surface area contributed by atoms with Crippen LogP contribution in [0, 0.1) is 0 Å². The van der Waals surface area contributed by atoms with Crippen molar-refractivity contribution in [2.75, 3.05) is 11.5 Å². The third-order valence-electron chi connectivity index (χ3n) is 3.35. The minimum atomic E-state index is -2.90. The number of sulfone groups is 1. The van der Waals surface area contributed by atoms with Gasteiger partial charge in [-0.25, -0.2) is 8.42 Å². The van der Waals surface area contributed by atoms with E-state index in [1.807, 2.05) is 24.3 Å². The van der Waals surface area contributed by atoms with E-state index in [1.165, 1.54) is 0 Å². The molecule has 0 radical (unpaired) electrons. The van der Waals surface area contributed by atoms with Gasteiger partial charge in [0.25, 0.3) is 0 Å². The van der Waals surface area contributed by atoms with Crippen molar-refractivity contribution in [3.8, 4) is 5.75 Å². The van der Waals surface area contributed by atoms with Crippen LogP contribution in [0.25, 0.3) is 0 Å². The van der Waals surface area contributed by atoms with E-state index in [2.05, 4.69) is 0 Å². The predicted octanol–water partition coefficient (Wildman–Crippen LogP) is 1.50. The molecule has 0 aromatic heterocycles. The van der Waals surface area contributed by atoms with Crippen molar-refractivity contribution < 1.29 is 17.9 Å². The monoisotopic (exact) mass is 254 g/mol. The Bertz CT molecular complexity index is 521. The lowest BCUT2D eigenvalue weighted by molar-refractivity contribution is -0.209. The van der Waals surface area contributed by atoms with E-state index < -0.39 is 15.6 Å². The van der Waals surface area contributed by atoms with E-state index in [0.717, 1.165) is 11.3 Å². The van der Waals surface area contributed by atoms with Crippen LogP contribution >= 0.6 is 0 Å². The SMILES string of the molecule is O=S1(=O)CCC2(CC1)OCc1ccccc1O2. The van der Waals surface area contributed by atoms with Gasteiger partial charge in [-0.3, -0.25) is 0 Å². The van der Waals surface area contributed by atoms with Crippen molar-refractivity contribution in [2.45, 2.75) is 25.2 Å². The number of hydrogen-bond donors (Lipinski definition) is 0. The Balaban J connectivity index is 1.84. The van der Waals surface area contributed by atoms with Crippen molar-refractivity contribution in [1.82, 2.24) is 0 Å². The van der Waals surface area contributed by atoms with Crippen LogP contribution < -0.4 is 4.74 Å². The van der Waals surface area contributed by atoms with Gasteiger partial charge < -0.3 is 9.47 Å². The fourth-order valence-electron chi connectivity index (χ4n) is 2.26. The lowest BCUT2D eigenvalue weighted by Gasteiger charge is -2.40. The van der Waals surface area contributed by atoms with Gasteiger partial charge in [0, 0.05) is 18.4 Å². The standard InChI is InChI=1S/C12H14O4S/c13-17(14)7-5-12(6-8-17)15-9-10-3-1-2-4-11(10)16-12/h1-4H,5-9H2. The molecule has 1 spiro atoms. The minimum Gasteiger partial charge on any atom is -0.462 e. The first-order valence-corrected chi connectivity index (χ1v) is 7.52. The van der Waals surface area contributed by atoms with Gasteiger partial charge in [0.05, 0.1) is 18.1 Å². The number of fused-ring (bicyclic) bond motifs is 1. The lowest BCUT2D eigenvalue weighted by atomic mass is 10.1. The zero-order valence-electron chi connectivity index (χ0n) is 9.39. The molecule has 1 aromatic carbocycles. The molecule has 0 bridgehead atoms. The molecule has 1 fully saturated rings. The van der Waals surface area contributed by atoms with Gasteiger partial charge in [0.15, 0.2) is 9.84 Å². The fourth-order valence-corrected chi connectivity index (χ4v) is 3.71. The van der Waals surface area contributed by atoms with Crippen molar-refractivity contribution >= 4 is 9.84 Å². The van der Waals surface area contributed by atoms with Crippen molar-refractivity contribution in [3.05, 3.63) is 29.8 Å². The second kappa shape index (κ2) is 3.71. The molecule has 0 atom stereocenters. The molecule has 0 aliphatic carbocycles. The Kier molecular flexibility index (Phi) is 2.41. The van der Waals surface area contributed by atoms with E-state index in [0.29, 0.717) is 19.4 Å². The van der Waals surface area contributed by atoms with Crippen LogP contribution in [0.4, 0.5) is 0 Å². The molecule has 92 valence electrons. The average molecular weight is 254 g/mol. The van der Waals surface area contributed by atoms with Crippen LogP contribution in [-0.2, 0) is 21.2 Å². The van der Waals surface area contributed by atoms with Crippen LogP contribution in [0.2, 0.25) is 0 Å². The summed E-state index contributed by atoms with van der Waals surface area (Å²) in [5, 5.41) is 0. The molecule has 4 nitrogen and oxygen atoms in total. The smallest absolute Gasteiger partial charge is 0.212 e. The van der Waals surface area contributed by atoms with E-state index in [9.17, 15) is 8.42 Å². The lowest BCUT2D eigenvalue weighted by Crippen LogP contribution is -2.48. The van der Waals surface area contributed by atoms with Gasteiger partial charge in [0.1, 0.15) is 5.75 Å². The van der Waals surface area contributed by atoms with Crippen LogP contribution in [0.5, 0.6) is 5.75 Å². The maximum absolute atomic E-state index is 11.4. The topological polar surface area (TPSA) is 52.6 Å². The maximum atomic E-state index is 11.4. The van der Waals surface area contributed by atoms with Crippen molar-refractivity contribution in [1.29, 1.82) is 0 Å². The molecular weight excluding hydrogens is 240 g/mol. The molecule has 17 heavy (non-hydrogen) atoms. The maximum Gasteiger partial charge on any atom is 0.212 e. The van der Waals surface area contributed by atoms with Gasteiger partial charge >= 0.3 is 0 Å². The first-order valence-electron chi connectivity index (χ1n) is 5.70. The minimum absolute atomic E-state index is 0.148. The van der Waals surface area contributed by atoms with Crippen LogP contribution in [0.15, 0.2) is 24.3 Å². The number of benzene rings is 1. The third-order valence-corrected chi connectivity index (χ3v) is 5.00. The summed E-state index contributed by atoms with van der Waals surface area (Å²) in [4.78, 5) is 0. The molecule has 2 aliphatic rings. The molecule has 2 heterocycles. The van der Waals surface area contributed by atoms with Crippen molar-refractivity contribution in [2.24, 2.45) is 0 Å². The Hall–Kier alpha value is -1.07. The molecule has 1 aromatic rings. The molecule has 0 N–H and O–H groups in total. The molecule has 0 amide bonds. The number of rotatable bonds is 0. The summed E-state index contributed by atoms with van der Waals surface area (Å²) in [7, 11) is -2.90. The molecule has 2 aliphatic heterocycles. The van der Waals surface area contributed by atoms with E-state index in [-0.39, 0.29) is 11.5 Å². The zero-order chi connectivity index (χ0) is 11.9. The molecule has 3 rings (SSSR count). The first kappa shape index (κ1) is 11.0. The molecular formula is C12H14O4S. The van der Waals surface area contributed by atoms with Crippen LogP contribution in [0.3, 0.4) is 0 Å². The highest BCUT2D eigenvalue weighted by atomic mass is 32.2. The van der Waals surface area contributed by atoms with Gasteiger partial charge in [0.2, 0.25) is 5.79 Å². The Morgan fingerprint density at radius 2 is 1.82 bits per heavy atom. The highest BCUT2D eigenvalue weighted by Gasteiger charge is 2.42. The zero-order valence-corrected chi connectivity index (χ0v) is 10.2. The van der Waals surface area contributed by atoms with E-state index >= 15 is 0 Å². The summed E-state index contributed by atoms with van der Waals surface area (Å²) >= 11 is 0. The van der Waals surface area contributed by atoms with Gasteiger partial charge in [-0.15, -0.1) is 0 Å². The summed E-state index contributed by atoms with van der Waals surface area (Å²) in [6, 6.07) is 7.72. The van der Waals surface area contributed by atoms with E-state index in [4.69, 9.17) is 9.47 Å². The number of para-hydroxylation sites is 1. The second-order valence-electron chi connectivity index (χ2n) is 4.56. The molecule has 0 saturated carbocycles.